The molecular weight excluding hydrogens is 464 g/mol. The number of rotatable bonds is 8. The Hall–Kier alpha value is -1.96. The maximum Gasteiger partial charge on any atom is 0.123 e. The summed E-state index contributed by atoms with van der Waals surface area (Å²) < 4.78 is 0. The molecule has 0 unspecified atom stereocenters. The lowest BCUT2D eigenvalue weighted by molar-refractivity contribution is 0.421. The molecule has 0 saturated heterocycles. The van der Waals surface area contributed by atoms with Gasteiger partial charge in [-0.15, -0.1) is 0 Å². The van der Waals surface area contributed by atoms with Crippen molar-refractivity contribution in [3.8, 4) is 11.5 Å². The first-order chi connectivity index (χ1) is 17.2. The van der Waals surface area contributed by atoms with E-state index >= 15 is 0 Å². The number of unbranched alkanes of at least 4 members (excludes halogenated alkanes) is 4. The van der Waals surface area contributed by atoms with Crippen LogP contribution in [-0.4, -0.2) is 10.2 Å². The van der Waals surface area contributed by atoms with Gasteiger partial charge in [-0.25, -0.2) is 0 Å². The molecule has 0 fully saturated rings. The first kappa shape index (κ1) is 32.3. The van der Waals surface area contributed by atoms with Crippen molar-refractivity contribution in [2.24, 2.45) is 0 Å². The predicted octanol–water partition coefficient (Wildman–Crippen LogP) is 10.8. The van der Waals surface area contributed by atoms with E-state index in [1.807, 2.05) is 0 Å². The Kier molecular flexibility index (Phi) is 9.89. The molecule has 0 atom stereocenters. The Morgan fingerprint density at radius 3 is 1.05 bits per heavy atom. The highest BCUT2D eigenvalue weighted by Gasteiger charge is 2.31. The van der Waals surface area contributed by atoms with Gasteiger partial charge in [0.25, 0.3) is 0 Å². The van der Waals surface area contributed by atoms with Crippen LogP contribution in [0.4, 0.5) is 0 Å². The van der Waals surface area contributed by atoms with Gasteiger partial charge in [-0.05, 0) is 61.5 Å². The number of hydrogen-bond donors (Lipinski definition) is 2. The van der Waals surface area contributed by atoms with Gasteiger partial charge >= 0.3 is 0 Å². The van der Waals surface area contributed by atoms with E-state index in [2.05, 4.69) is 114 Å². The van der Waals surface area contributed by atoms with E-state index in [0.29, 0.717) is 11.5 Å². The molecule has 0 aliphatic heterocycles. The smallest absolute Gasteiger partial charge is 0.123 e. The van der Waals surface area contributed by atoms with E-state index in [1.54, 1.807) is 0 Å². The highest BCUT2D eigenvalue weighted by molar-refractivity contribution is 5.55. The average molecular weight is 523 g/mol. The van der Waals surface area contributed by atoms with Gasteiger partial charge in [0, 0.05) is 5.92 Å². The summed E-state index contributed by atoms with van der Waals surface area (Å²) in [5.41, 5.74) is 5.92. The van der Waals surface area contributed by atoms with Crippen molar-refractivity contribution in [2.75, 3.05) is 0 Å². The van der Waals surface area contributed by atoms with Gasteiger partial charge in [-0.3, -0.25) is 0 Å². The molecule has 38 heavy (non-hydrogen) atoms. The Bertz CT molecular complexity index is 927. The first-order valence-electron chi connectivity index (χ1n) is 14.9. The van der Waals surface area contributed by atoms with Gasteiger partial charge in [0.05, 0.1) is 0 Å². The quantitative estimate of drug-likeness (QED) is 0.338. The topological polar surface area (TPSA) is 40.5 Å². The summed E-state index contributed by atoms with van der Waals surface area (Å²) in [6.45, 7) is 28.5. The van der Waals surface area contributed by atoms with Crippen molar-refractivity contribution in [3.05, 3.63) is 57.6 Å². The van der Waals surface area contributed by atoms with E-state index < -0.39 is 0 Å². The van der Waals surface area contributed by atoms with Crippen LogP contribution in [0.15, 0.2) is 24.3 Å². The van der Waals surface area contributed by atoms with Crippen LogP contribution in [0.5, 0.6) is 11.5 Å². The molecule has 2 aromatic rings. The Morgan fingerprint density at radius 1 is 0.500 bits per heavy atom. The van der Waals surface area contributed by atoms with Crippen molar-refractivity contribution in [2.45, 2.75) is 156 Å². The van der Waals surface area contributed by atoms with Gasteiger partial charge in [-0.1, -0.05) is 146 Å². The summed E-state index contributed by atoms with van der Waals surface area (Å²) >= 11 is 0. The molecular formula is C36H58O2. The molecule has 0 spiro atoms. The Morgan fingerprint density at radius 2 is 0.789 bits per heavy atom. The van der Waals surface area contributed by atoms with Crippen molar-refractivity contribution >= 4 is 0 Å². The van der Waals surface area contributed by atoms with Crippen molar-refractivity contribution in [1.29, 1.82) is 0 Å². The lowest BCUT2D eigenvalue weighted by Gasteiger charge is -2.32. The normalized spacial score (nSPS) is 13.4. The molecule has 0 saturated carbocycles. The van der Waals surface area contributed by atoms with Crippen molar-refractivity contribution < 1.29 is 10.2 Å². The third kappa shape index (κ3) is 7.80. The van der Waals surface area contributed by atoms with Crippen LogP contribution in [0.25, 0.3) is 0 Å². The number of hydrogen-bond acceptors (Lipinski definition) is 2. The number of aromatic hydroxyl groups is 2. The summed E-state index contributed by atoms with van der Waals surface area (Å²) in [5, 5.41) is 22.8. The molecule has 2 aromatic carbocycles. The highest BCUT2D eigenvalue weighted by atomic mass is 16.3. The van der Waals surface area contributed by atoms with Gasteiger partial charge in [0.15, 0.2) is 0 Å². The standard InChI is InChI=1S/C36H58O2/c1-14-15-16-17-18-19-26(24-20-27(33(2,3)4)31(37)28(21-24)34(5,6)7)25-22-29(35(8,9)10)32(38)30(23-25)36(11,12)13/h20-23,26,37-38H,14-19H2,1-13H3. The SMILES string of the molecule is CCCCCCCC(c1cc(C(C)(C)C)c(O)c(C(C)(C)C)c1)c1cc(C(C)(C)C)c(O)c(C(C)(C)C)c1. The lowest BCUT2D eigenvalue weighted by Crippen LogP contribution is -2.20. The average Bonchev–Trinajstić information content (AvgIpc) is 2.74. The minimum absolute atomic E-state index is 0.173. The molecule has 0 heterocycles. The van der Waals surface area contributed by atoms with Crippen LogP contribution in [0, 0.1) is 0 Å². The summed E-state index contributed by atoms with van der Waals surface area (Å²) in [5.74, 6) is 1.07. The van der Waals surface area contributed by atoms with Crippen molar-refractivity contribution in [3.63, 3.8) is 0 Å². The molecule has 0 aromatic heterocycles. The van der Waals surface area contributed by atoms with Gasteiger partial charge in [-0.2, -0.15) is 0 Å². The fourth-order valence-corrected chi connectivity index (χ4v) is 5.48. The largest absolute Gasteiger partial charge is 0.507 e. The minimum atomic E-state index is -0.173. The Balaban J connectivity index is 2.87. The minimum Gasteiger partial charge on any atom is -0.507 e. The van der Waals surface area contributed by atoms with Crippen LogP contribution >= 0.6 is 0 Å². The molecule has 2 rings (SSSR count). The second-order valence-electron chi connectivity index (χ2n) is 15.7. The summed E-state index contributed by atoms with van der Waals surface area (Å²) in [6, 6.07) is 9.06. The molecule has 0 radical (unpaired) electrons. The second kappa shape index (κ2) is 11.6. The third-order valence-electron chi connectivity index (χ3n) is 7.90. The van der Waals surface area contributed by atoms with Gasteiger partial charge in [0.2, 0.25) is 0 Å². The number of phenols is 2. The number of benzene rings is 2. The fraction of sp³-hybridized carbons (Fsp3) is 0.667. The van der Waals surface area contributed by atoms with E-state index in [0.717, 1.165) is 35.1 Å². The zero-order valence-corrected chi connectivity index (χ0v) is 27.0. The molecule has 2 N–H and O–H groups in total. The molecule has 0 bridgehead atoms. The van der Waals surface area contributed by atoms with E-state index in [-0.39, 0.29) is 27.6 Å². The molecule has 214 valence electrons. The van der Waals surface area contributed by atoms with E-state index in [1.165, 1.54) is 36.8 Å². The molecule has 0 aliphatic rings. The van der Waals surface area contributed by atoms with E-state index in [4.69, 9.17) is 0 Å². The second-order valence-corrected chi connectivity index (χ2v) is 15.7. The molecule has 0 aliphatic carbocycles. The molecule has 0 amide bonds. The maximum absolute atomic E-state index is 11.4. The van der Waals surface area contributed by atoms with Crippen LogP contribution < -0.4 is 0 Å². The maximum atomic E-state index is 11.4. The molecule has 2 nitrogen and oxygen atoms in total. The lowest BCUT2D eigenvalue weighted by atomic mass is 9.73. The summed E-state index contributed by atoms with van der Waals surface area (Å²) in [6.07, 6.45) is 7.25. The first-order valence-corrected chi connectivity index (χ1v) is 14.9. The van der Waals surface area contributed by atoms with Crippen molar-refractivity contribution in [1.82, 2.24) is 0 Å². The zero-order chi connectivity index (χ0) is 29.3. The van der Waals surface area contributed by atoms with Crippen LogP contribution in [0.2, 0.25) is 0 Å². The predicted molar refractivity (Wildman–Crippen MR) is 166 cm³/mol. The summed E-state index contributed by atoms with van der Waals surface area (Å²) in [4.78, 5) is 0. The summed E-state index contributed by atoms with van der Waals surface area (Å²) in [7, 11) is 0. The highest BCUT2D eigenvalue weighted by Crippen LogP contribution is 2.46. The van der Waals surface area contributed by atoms with Gasteiger partial charge in [0.1, 0.15) is 11.5 Å². The van der Waals surface area contributed by atoms with E-state index in [9.17, 15) is 10.2 Å². The van der Waals surface area contributed by atoms with Gasteiger partial charge < -0.3 is 10.2 Å². The van der Waals surface area contributed by atoms with Crippen LogP contribution in [0.3, 0.4) is 0 Å². The van der Waals surface area contributed by atoms with Crippen LogP contribution in [-0.2, 0) is 21.7 Å². The fourth-order valence-electron chi connectivity index (χ4n) is 5.48. The zero-order valence-electron chi connectivity index (χ0n) is 27.0. The number of phenolic OH excluding ortho intramolecular Hbond substituents is 2. The molecule has 2 heteroatoms. The Labute approximate surface area is 235 Å². The van der Waals surface area contributed by atoms with Crippen LogP contribution in [0.1, 0.15) is 168 Å². The monoisotopic (exact) mass is 522 g/mol. The third-order valence-corrected chi connectivity index (χ3v) is 7.90.